The van der Waals surface area contributed by atoms with Crippen molar-refractivity contribution in [3.63, 3.8) is 0 Å². The third kappa shape index (κ3) is 5.20. The zero-order chi connectivity index (χ0) is 15.7. The topological polar surface area (TPSA) is 53.3 Å². The first-order valence-electron chi connectivity index (χ1n) is 7.48. The number of esters is 1. The smallest absolute Gasteiger partial charge is 0.307 e. The molecule has 0 heterocycles. The summed E-state index contributed by atoms with van der Waals surface area (Å²) in [6.07, 6.45) is 1.25. The van der Waals surface area contributed by atoms with Crippen LogP contribution in [-0.2, 0) is 9.53 Å². The second-order valence-electron chi connectivity index (χ2n) is 4.98. The van der Waals surface area contributed by atoms with Gasteiger partial charge in [-0.3, -0.25) is 9.69 Å². The molecule has 0 aliphatic carbocycles. The van der Waals surface area contributed by atoms with Crippen molar-refractivity contribution in [1.29, 1.82) is 5.26 Å². The molecule has 0 N–H and O–H groups in total. The maximum Gasteiger partial charge on any atom is 0.307 e. The number of nitrogens with zero attached hydrogens (tertiary/aromatic N) is 2. The second kappa shape index (κ2) is 9.15. The molecule has 0 aliphatic heterocycles. The van der Waals surface area contributed by atoms with E-state index in [0.717, 1.165) is 24.1 Å². The van der Waals surface area contributed by atoms with Gasteiger partial charge in [0.05, 0.1) is 19.1 Å². The highest BCUT2D eigenvalue weighted by atomic mass is 16.5. The van der Waals surface area contributed by atoms with Crippen LogP contribution in [-0.4, -0.2) is 30.6 Å². The zero-order valence-electron chi connectivity index (χ0n) is 13.1. The molecular formula is C17H24N2O2. The van der Waals surface area contributed by atoms with E-state index in [0.29, 0.717) is 19.6 Å². The van der Waals surface area contributed by atoms with Gasteiger partial charge in [-0.1, -0.05) is 31.2 Å². The lowest BCUT2D eigenvalue weighted by Crippen LogP contribution is -2.31. The summed E-state index contributed by atoms with van der Waals surface area (Å²) in [6, 6.07) is 9.96. The first-order chi connectivity index (χ1) is 10.1. The molecule has 0 saturated carbocycles. The van der Waals surface area contributed by atoms with Gasteiger partial charge in [-0.05, 0) is 37.9 Å². The number of hydrogen-bond donors (Lipinski definition) is 0. The van der Waals surface area contributed by atoms with Crippen LogP contribution in [0.1, 0.15) is 43.9 Å². The van der Waals surface area contributed by atoms with Crippen LogP contribution in [0.4, 0.5) is 0 Å². The molecule has 4 heteroatoms. The molecule has 1 aromatic carbocycles. The average Bonchev–Trinajstić information content (AvgIpc) is 2.47. The largest absolute Gasteiger partial charge is 0.466 e. The van der Waals surface area contributed by atoms with E-state index >= 15 is 0 Å². The molecule has 0 bridgehead atoms. The minimum absolute atomic E-state index is 0.208. The fourth-order valence-electron chi connectivity index (χ4n) is 2.37. The molecule has 0 amide bonds. The minimum atomic E-state index is -0.319. The van der Waals surface area contributed by atoms with E-state index in [4.69, 9.17) is 4.74 Å². The number of nitriles is 1. The number of aryl methyl sites for hydroxylation is 1. The first-order valence-corrected chi connectivity index (χ1v) is 7.48. The van der Waals surface area contributed by atoms with Crippen LogP contribution in [0.25, 0.3) is 0 Å². The number of benzene rings is 1. The predicted octanol–water partition coefficient (Wildman–Crippen LogP) is 3.22. The summed E-state index contributed by atoms with van der Waals surface area (Å²) < 4.78 is 4.96. The summed E-state index contributed by atoms with van der Waals surface area (Å²) in [4.78, 5) is 13.6. The van der Waals surface area contributed by atoms with Gasteiger partial charge in [0.25, 0.3) is 0 Å². The van der Waals surface area contributed by atoms with E-state index < -0.39 is 0 Å². The zero-order valence-corrected chi connectivity index (χ0v) is 13.1. The van der Waals surface area contributed by atoms with Crippen molar-refractivity contribution in [2.45, 2.75) is 39.7 Å². The Bertz CT molecular complexity index is 494. The van der Waals surface area contributed by atoms with Gasteiger partial charge in [-0.15, -0.1) is 0 Å². The third-order valence-electron chi connectivity index (χ3n) is 3.39. The molecule has 0 spiro atoms. The van der Waals surface area contributed by atoms with Crippen LogP contribution in [0.15, 0.2) is 24.3 Å². The third-order valence-corrected chi connectivity index (χ3v) is 3.39. The maximum absolute atomic E-state index is 11.5. The predicted molar refractivity (Wildman–Crippen MR) is 82.6 cm³/mol. The Morgan fingerprint density at radius 3 is 2.62 bits per heavy atom. The summed E-state index contributed by atoms with van der Waals surface area (Å²) >= 11 is 0. The Balaban J connectivity index is 2.84. The van der Waals surface area contributed by atoms with Crippen LogP contribution < -0.4 is 0 Å². The Hall–Kier alpha value is -1.86. The number of hydrogen-bond acceptors (Lipinski definition) is 4. The summed E-state index contributed by atoms with van der Waals surface area (Å²) in [7, 11) is 0. The van der Waals surface area contributed by atoms with Crippen molar-refractivity contribution < 1.29 is 9.53 Å². The molecular weight excluding hydrogens is 264 g/mol. The van der Waals surface area contributed by atoms with Crippen LogP contribution in [0.2, 0.25) is 0 Å². The van der Waals surface area contributed by atoms with E-state index in [1.54, 1.807) is 6.92 Å². The highest BCUT2D eigenvalue weighted by Crippen LogP contribution is 2.23. The van der Waals surface area contributed by atoms with Crippen molar-refractivity contribution in [2.75, 3.05) is 19.7 Å². The van der Waals surface area contributed by atoms with Crippen LogP contribution >= 0.6 is 0 Å². The van der Waals surface area contributed by atoms with Crippen molar-refractivity contribution in [3.8, 4) is 6.07 Å². The molecule has 0 saturated heterocycles. The number of carbonyl (C=O) groups is 1. The summed E-state index contributed by atoms with van der Waals surface area (Å²) in [6.45, 7) is 7.60. The Labute approximate surface area is 127 Å². The van der Waals surface area contributed by atoms with Gasteiger partial charge in [0.15, 0.2) is 0 Å². The lowest BCUT2D eigenvalue weighted by Gasteiger charge is -2.27. The van der Waals surface area contributed by atoms with E-state index in [-0.39, 0.29) is 12.0 Å². The van der Waals surface area contributed by atoms with E-state index in [9.17, 15) is 10.1 Å². The van der Waals surface area contributed by atoms with Crippen LogP contribution in [0, 0.1) is 18.3 Å². The first kappa shape index (κ1) is 17.2. The molecule has 0 fully saturated rings. The minimum Gasteiger partial charge on any atom is -0.466 e. The molecule has 0 aliphatic rings. The van der Waals surface area contributed by atoms with E-state index in [1.807, 2.05) is 31.2 Å². The molecule has 1 rings (SSSR count). The van der Waals surface area contributed by atoms with Gasteiger partial charge >= 0.3 is 5.97 Å². The van der Waals surface area contributed by atoms with Crippen molar-refractivity contribution >= 4 is 5.97 Å². The summed E-state index contributed by atoms with van der Waals surface area (Å²) in [5, 5.41) is 9.56. The molecule has 4 nitrogen and oxygen atoms in total. The summed E-state index contributed by atoms with van der Waals surface area (Å²) in [5.74, 6) is -0.208. The number of ether oxygens (including phenoxy) is 1. The lowest BCUT2D eigenvalue weighted by molar-refractivity contribution is -0.143. The molecule has 1 aromatic rings. The van der Waals surface area contributed by atoms with Crippen molar-refractivity contribution in [2.24, 2.45) is 0 Å². The average molecular weight is 288 g/mol. The Morgan fingerprint density at radius 2 is 2.05 bits per heavy atom. The summed E-state index contributed by atoms with van der Waals surface area (Å²) in [5.41, 5.74) is 2.11. The monoisotopic (exact) mass is 288 g/mol. The molecule has 1 unspecified atom stereocenters. The van der Waals surface area contributed by atoms with E-state index in [1.165, 1.54) is 0 Å². The van der Waals surface area contributed by atoms with Crippen molar-refractivity contribution in [1.82, 2.24) is 4.90 Å². The van der Waals surface area contributed by atoms with E-state index in [2.05, 4.69) is 17.9 Å². The lowest BCUT2D eigenvalue weighted by atomic mass is 10.0. The van der Waals surface area contributed by atoms with Crippen molar-refractivity contribution in [3.05, 3.63) is 35.4 Å². The Morgan fingerprint density at radius 1 is 1.33 bits per heavy atom. The molecule has 114 valence electrons. The highest BCUT2D eigenvalue weighted by Gasteiger charge is 2.21. The SMILES string of the molecule is CCCN(CCC(=O)OCC)C(C#N)c1ccccc1C. The molecule has 1 atom stereocenters. The Kier molecular flexibility index (Phi) is 7.49. The normalized spacial score (nSPS) is 12.0. The molecule has 21 heavy (non-hydrogen) atoms. The van der Waals surface area contributed by atoms with Gasteiger partial charge in [-0.25, -0.2) is 0 Å². The highest BCUT2D eigenvalue weighted by molar-refractivity contribution is 5.69. The van der Waals surface area contributed by atoms with Gasteiger partial charge < -0.3 is 4.74 Å². The maximum atomic E-state index is 11.5. The fourth-order valence-corrected chi connectivity index (χ4v) is 2.37. The number of rotatable bonds is 8. The van der Waals surface area contributed by atoms with Gasteiger partial charge in [0, 0.05) is 6.54 Å². The number of carbonyl (C=O) groups excluding carboxylic acids is 1. The van der Waals surface area contributed by atoms with Gasteiger partial charge in [-0.2, -0.15) is 5.26 Å². The van der Waals surface area contributed by atoms with Gasteiger partial charge in [0.1, 0.15) is 6.04 Å². The van der Waals surface area contributed by atoms with Crippen LogP contribution in [0.5, 0.6) is 0 Å². The van der Waals surface area contributed by atoms with Gasteiger partial charge in [0.2, 0.25) is 0 Å². The molecule has 0 radical (unpaired) electrons. The molecule has 0 aromatic heterocycles. The fraction of sp³-hybridized carbons (Fsp3) is 0.529. The quantitative estimate of drug-likeness (QED) is 0.689. The standard InChI is InChI=1S/C17H24N2O2/c1-4-11-19(12-10-17(20)21-5-2)16(13-18)15-9-7-6-8-14(15)3/h6-9,16H,4-5,10-12H2,1-3H3. The second-order valence-corrected chi connectivity index (χ2v) is 4.98. The van der Waals surface area contributed by atoms with Crippen LogP contribution in [0.3, 0.4) is 0 Å².